The summed E-state index contributed by atoms with van der Waals surface area (Å²) in [4.78, 5) is 44.0. The Labute approximate surface area is 284 Å². The molecule has 3 aromatic rings. The molecule has 3 aromatic carbocycles. The highest BCUT2D eigenvalue weighted by Crippen LogP contribution is 2.43. The van der Waals surface area contributed by atoms with Crippen molar-refractivity contribution in [1.82, 2.24) is 20.4 Å². The molecule has 2 N–H and O–H groups in total. The molecular formula is C38H41F3N4O4. The third-order valence-corrected chi connectivity index (χ3v) is 10.6. The molecule has 2 heterocycles. The van der Waals surface area contributed by atoms with E-state index < -0.39 is 30.0 Å². The second kappa shape index (κ2) is 13.6. The summed E-state index contributed by atoms with van der Waals surface area (Å²) in [6, 6.07) is 23.5. The van der Waals surface area contributed by atoms with Gasteiger partial charge in [0.1, 0.15) is 6.04 Å². The van der Waals surface area contributed by atoms with Gasteiger partial charge in [-0.15, -0.1) is 0 Å². The first-order chi connectivity index (χ1) is 23.6. The first-order valence-electron chi connectivity index (χ1n) is 17.0. The fraction of sp³-hybridized carbons (Fsp3) is 0.447. The Bertz CT molecular complexity index is 1580. The van der Waals surface area contributed by atoms with Crippen LogP contribution in [0.4, 0.5) is 13.2 Å². The molecule has 0 spiro atoms. The van der Waals surface area contributed by atoms with Crippen LogP contribution in [-0.2, 0) is 14.3 Å². The number of nitrogens with zero attached hydrogens (tertiary/aromatic N) is 2. The molecule has 258 valence electrons. The van der Waals surface area contributed by atoms with Gasteiger partial charge in [0.05, 0.1) is 17.9 Å². The summed E-state index contributed by atoms with van der Waals surface area (Å²) in [5.74, 6) is -2.06. The second-order valence-corrected chi connectivity index (χ2v) is 13.9. The lowest BCUT2D eigenvalue weighted by molar-refractivity contribution is -0.184. The van der Waals surface area contributed by atoms with Crippen molar-refractivity contribution in [3.63, 3.8) is 0 Å². The third kappa shape index (κ3) is 7.23. The van der Waals surface area contributed by atoms with Crippen molar-refractivity contribution in [2.24, 2.45) is 11.8 Å². The predicted molar refractivity (Wildman–Crippen MR) is 177 cm³/mol. The van der Waals surface area contributed by atoms with Crippen LogP contribution < -0.4 is 10.6 Å². The lowest BCUT2D eigenvalue weighted by Crippen LogP contribution is -2.43. The van der Waals surface area contributed by atoms with E-state index in [9.17, 15) is 27.6 Å². The Morgan fingerprint density at radius 1 is 0.755 bits per heavy atom. The molecule has 3 amide bonds. The number of rotatable bonds is 10. The maximum atomic E-state index is 14.2. The number of nitrogens with one attached hydrogen (secondary N) is 2. The van der Waals surface area contributed by atoms with Crippen molar-refractivity contribution in [2.45, 2.75) is 61.5 Å². The number of methoxy groups -OCH3 is 1. The zero-order valence-corrected chi connectivity index (χ0v) is 27.3. The van der Waals surface area contributed by atoms with Crippen LogP contribution in [0.1, 0.15) is 64.2 Å². The lowest BCUT2D eigenvalue weighted by Gasteiger charge is -2.30. The molecule has 4 fully saturated rings. The zero-order chi connectivity index (χ0) is 34.3. The van der Waals surface area contributed by atoms with Gasteiger partial charge in [-0.1, -0.05) is 72.8 Å². The highest BCUT2D eigenvalue weighted by Gasteiger charge is 2.50. The van der Waals surface area contributed by atoms with E-state index in [1.54, 1.807) is 0 Å². The van der Waals surface area contributed by atoms with Crippen LogP contribution in [0.25, 0.3) is 0 Å². The molecule has 2 saturated heterocycles. The number of alkyl halides is 3. The van der Waals surface area contributed by atoms with Gasteiger partial charge in [0.15, 0.2) is 0 Å². The van der Waals surface area contributed by atoms with E-state index >= 15 is 0 Å². The van der Waals surface area contributed by atoms with E-state index in [1.807, 2.05) is 60.7 Å². The topological polar surface area (TPSA) is 91.0 Å². The number of hydrogen-bond donors (Lipinski definition) is 2. The molecular weight excluding hydrogens is 633 g/mol. The van der Waals surface area contributed by atoms with E-state index in [0.29, 0.717) is 6.42 Å². The van der Waals surface area contributed by atoms with Gasteiger partial charge >= 0.3 is 6.18 Å². The van der Waals surface area contributed by atoms with E-state index in [-0.39, 0.29) is 79.1 Å². The van der Waals surface area contributed by atoms with Crippen molar-refractivity contribution in [2.75, 3.05) is 33.3 Å². The van der Waals surface area contributed by atoms with Gasteiger partial charge in [0.2, 0.25) is 11.8 Å². The highest BCUT2D eigenvalue weighted by atomic mass is 19.4. The van der Waals surface area contributed by atoms with Crippen LogP contribution in [0.5, 0.6) is 0 Å². The summed E-state index contributed by atoms with van der Waals surface area (Å²) >= 11 is 0. The molecule has 0 unspecified atom stereocenters. The van der Waals surface area contributed by atoms with Crippen LogP contribution in [0.2, 0.25) is 0 Å². The van der Waals surface area contributed by atoms with Gasteiger partial charge < -0.3 is 20.3 Å². The quantitative estimate of drug-likeness (QED) is 0.315. The van der Waals surface area contributed by atoms with E-state index in [1.165, 1.54) is 41.2 Å². The lowest BCUT2D eigenvalue weighted by atomic mass is 9.94. The van der Waals surface area contributed by atoms with Gasteiger partial charge in [-0.25, -0.2) is 0 Å². The van der Waals surface area contributed by atoms with Gasteiger partial charge in [0, 0.05) is 62.8 Å². The maximum absolute atomic E-state index is 14.2. The average molecular weight is 675 g/mol. The van der Waals surface area contributed by atoms with Crippen molar-refractivity contribution in [3.05, 3.63) is 107 Å². The largest absolute Gasteiger partial charge is 0.408 e. The molecule has 0 aromatic heterocycles. The molecule has 2 saturated carbocycles. The Balaban J connectivity index is 1.05. The summed E-state index contributed by atoms with van der Waals surface area (Å²) < 4.78 is 48.0. The van der Waals surface area contributed by atoms with Crippen molar-refractivity contribution >= 4 is 17.7 Å². The Hall–Kier alpha value is -4.22. The molecule has 2 aliphatic carbocycles. The molecule has 7 rings (SSSR count). The van der Waals surface area contributed by atoms with Crippen LogP contribution >= 0.6 is 0 Å². The molecule has 4 aliphatic rings. The van der Waals surface area contributed by atoms with E-state index in [2.05, 4.69) is 10.6 Å². The summed E-state index contributed by atoms with van der Waals surface area (Å²) in [5, 5.41) is 6.25. The summed E-state index contributed by atoms with van der Waals surface area (Å²) in [7, 11) is 1.50. The number of carbonyl (C=O) groups is 3. The summed E-state index contributed by atoms with van der Waals surface area (Å²) in [5.41, 5.74) is 2.54. The fourth-order valence-electron chi connectivity index (χ4n) is 7.71. The van der Waals surface area contributed by atoms with Crippen LogP contribution in [0, 0.1) is 11.8 Å². The van der Waals surface area contributed by atoms with Crippen LogP contribution in [0.15, 0.2) is 84.9 Å². The second-order valence-electron chi connectivity index (χ2n) is 13.9. The van der Waals surface area contributed by atoms with Crippen LogP contribution in [0.3, 0.4) is 0 Å². The monoisotopic (exact) mass is 674 g/mol. The number of halogens is 3. The number of benzene rings is 3. The number of ether oxygens (including phenoxy) is 1. The molecule has 0 radical (unpaired) electrons. The maximum Gasteiger partial charge on any atom is 0.408 e. The van der Waals surface area contributed by atoms with Crippen molar-refractivity contribution < 1.29 is 32.3 Å². The molecule has 8 atom stereocenters. The smallest absolute Gasteiger partial charge is 0.380 e. The van der Waals surface area contributed by atoms with E-state index in [0.717, 1.165) is 24.0 Å². The van der Waals surface area contributed by atoms with Gasteiger partial charge in [-0.3, -0.25) is 19.3 Å². The number of hydrogen-bond acceptors (Lipinski definition) is 5. The van der Waals surface area contributed by atoms with Gasteiger partial charge in [-0.2, -0.15) is 13.2 Å². The predicted octanol–water partition coefficient (Wildman–Crippen LogP) is 5.04. The molecule has 49 heavy (non-hydrogen) atoms. The van der Waals surface area contributed by atoms with Crippen LogP contribution in [-0.4, -0.2) is 85.2 Å². The first-order valence-corrected chi connectivity index (χ1v) is 17.0. The minimum Gasteiger partial charge on any atom is -0.380 e. The highest BCUT2D eigenvalue weighted by molar-refractivity contribution is 5.97. The third-order valence-electron chi connectivity index (χ3n) is 10.6. The zero-order valence-electron chi connectivity index (χ0n) is 27.3. The minimum atomic E-state index is -4.51. The average Bonchev–Trinajstić information content (AvgIpc) is 3.94. The minimum absolute atomic E-state index is 0.0391. The molecule has 8 nitrogen and oxygen atoms in total. The number of amides is 3. The van der Waals surface area contributed by atoms with Crippen molar-refractivity contribution in [3.8, 4) is 0 Å². The Kier molecular flexibility index (Phi) is 9.23. The SMILES string of the molecule is CO[C@@H]1CCN([C@@H](c2ccc(C(=O)N3C[C@@H](C(=O)N[C@H]4C[C@@H]4c4ccccc4)[C@H](C(=O)N[C@H]4C[C@@H]4c4ccccc4)C3)cc2)C(F)(F)F)C1. The number of carbonyl (C=O) groups excluding carboxylic acids is 3. The van der Waals surface area contributed by atoms with Gasteiger partial charge in [-0.05, 0) is 48.1 Å². The Morgan fingerprint density at radius 2 is 1.27 bits per heavy atom. The standard InChI is InChI=1S/C38H41F3N4O4/c1-49-27-16-17-44(20-27)34(38(39,40)41)25-12-14-26(15-13-25)37(48)45-21-30(35(46)42-32-18-28(32)23-8-4-2-5-9-23)31(22-45)36(47)43-33-19-29(33)24-10-6-3-7-11-24/h2-15,27-34H,16-22H2,1H3,(H,42,46)(H,43,47)/t27-,28-,29-,30-,31-,32+,33+,34+/m1/s1. The molecule has 2 aliphatic heterocycles. The summed E-state index contributed by atoms with van der Waals surface area (Å²) in [6.07, 6.45) is -2.65. The Morgan fingerprint density at radius 3 is 1.71 bits per heavy atom. The van der Waals surface area contributed by atoms with E-state index in [4.69, 9.17) is 4.74 Å². The summed E-state index contributed by atoms with van der Waals surface area (Å²) in [6.45, 7) is 0.501. The molecule has 0 bridgehead atoms. The fourth-order valence-corrected chi connectivity index (χ4v) is 7.71. The first kappa shape index (κ1) is 33.3. The van der Waals surface area contributed by atoms with Crippen molar-refractivity contribution in [1.29, 1.82) is 0 Å². The van der Waals surface area contributed by atoms with Gasteiger partial charge in [0.25, 0.3) is 5.91 Å². The molecule has 11 heteroatoms. The normalized spacial score (nSPS) is 28.6. The number of likely N-dealkylation sites (tertiary alicyclic amines) is 2.